The predicted octanol–water partition coefficient (Wildman–Crippen LogP) is 3.61. The van der Waals surface area contributed by atoms with Gasteiger partial charge < -0.3 is 14.5 Å². The van der Waals surface area contributed by atoms with Crippen molar-refractivity contribution in [2.45, 2.75) is 13.0 Å². The highest BCUT2D eigenvalue weighted by molar-refractivity contribution is 7.18. The number of nitrogens with zero attached hydrogens (tertiary/aromatic N) is 2. The molecule has 0 radical (unpaired) electrons. The van der Waals surface area contributed by atoms with Gasteiger partial charge in [0.05, 0.1) is 6.42 Å². The first kappa shape index (κ1) is 18.8. The summed E-state index contributed by atoms with van der Waals surface area (Å²) in [5.74, 6) is -1.30. The molecule has 0 atom stereocenters. The molecule has 0 amide bonds. The average molecular weight is 404 g/mol. The van der Waals surface area contributed by atoms with E-state index in [1.54, 1.807) is 4.57 Å². The zero-order valence-electron chi connectivity index (χ0n) is 15.2. The molecule has 2 aromatic heterocycles. The number of carbonyl (C=O) groups excluding carboxylic acids is 1. The molecule has 29 heavy (non-hydrogen) atoms. The molecule has 0 aliphatic rings. The average Bonchev–Trinajstić information content (AvgIpc) is 3.16. The number of aromatic nitrogens is 2. The SMILES string of the molecule is O=CCc1nc2c(=O)c(C(=O)O)cn(Cc3ccccc3-c3ccccc3)c2s1. The van der Waals surface area contributed by atoms with Crippen LogP contribution in [0.1, 0.15) is 20.9 Å². The van der Waals surface area contributed by atoms with E-state index in [4.69, 9.17) is 0 Å². The molecule has 0 spiro atoms. The first-order valence-corrected chi connectivity index (χ1v) is 9.73. The molecule has 0 bridgehead atoms. The van der Waals surface area contributed by atoms with Crippen LogP contribution in [0.3, 0.4) is 0 Å². The van der Waals surface area contributed by atoms with Crippen molar-refractivity contribution in [1.82, 2.24) is 9.55 Å². The van der Waals surface area contributed by atoms with Gasteiger partial charge in [-0.1, -0.05) is 65.9 Å². The lowest BCUT2D eigenvalue weighted by Crippen LogP contribution is -2.19. The highest BCUT2D eigenvalue weighted by Crippen LogP contribution is 2.27. The minimum Gasteiger partial charge on any atom is -0.477 e. The lowest BCUT2D eigenvalue weighted by atomic mass is 9.99. The molecular formula is C22H16N2O4S. The summed E-state index contributed by atoms with van der Waals surface area (Å²) in [7, 11) is 0. The number of rotatable bonds is 6. The number of thiazole rings is 1. The van der Waals surface area contributed by atoms with Crippen LogP contribution in [0, 0.1) is 0 Å². The van der Waals surface area contributed by atoms with E-state index in [1.165, 1.54) is 17.5 Å². The maximum absolute atomic E-state index is 12.5. The van der Waals surface area contributed by atoms with E-state index in [0.29, 0.717) is 16.4 Å². The van der Waals surface area contributed by atoms with Crippen LogP contribution < -0.4 is 5.43 Å². The van der Waals surface area contributed by atoms with Crippen molar-refractivity contribution < 1.29 is 14.7 Å². The van der Waals surface area contributed by atoms with Crippen molar-refractivity contribution >= 4 is 33.9 Å². The number of carbonyl (C=O) groups is 2. The Kier molecular flexibility index (Phi) is 5.05. The molecule has 2 heterocycles. The number of carboxylic acid groups (broad SMARTS) is 1. The Hall–Kier alpha value is -3.58. The number of fused-ring (bicyclic) bond motifs is 1. The van der Waals surface area contributed by atoms with Gasteiger partial charge in [-0.3, -0.25) is 4.79 Å². The van der Waals surface area contributed by atoms with Crippen molar-refractivity contribution in [2.75, 3.05) is 0 Å². The second kappa shape index (κ2) is 7.81. The molecule has 2 aromatic carbocycles. The third kappa shape index (κ3) is 3.60. The topological polar surface area (TPSA) is 89.3 Å². The van der Waals surface area contributed by atoms with Gasteiger partial charge in [0.2, 0.25) is 5.43 Å². The van der Waals surface area contributed by atoms with Gasteiger partial charge in [0.1, 0.15) is 27.2 Å². The number of hydrogen-bond acceptors (Lipinski definition) is 5. The van der Waals surface area contributed by atoms with Gasteiger partial charge in [-0.25, -0.2) is 9.78 Å². The Morgan fingerprint density at radius 2 is 1.83 bits per heavy atom. The largest absolute Gasteiger partial charge is 0.477 e. The Labute approximate surface area is 169 Å². The van der Waals surface area contributed by atoms with Crippen LogP contribution in [0.15, 0.2) is 65.6 Å². The fraction of sp³-hybridized carbons (Fsp3) is 0.0909. The van der Waals surface area contributed by atoms with Crippen LogP contribution in [0.5, 0.6) is 0 Å². The predicted molar refractivity (Wildman–Crippen MR) is 112 cm³/mol. The van der Waals surface area contributed by atoms with E-state index in [1.807, 2.05) is 54.6 Å². The van der Waals surface area contributed by atoms with Crippen LogP contribution in [-0.2, 0) is 17.8 Å². The molecule has 1 N–H and O–H groups in total. The first-order chi connectivity index (χ1) is 14.1. The normalized spacial score (nSPS) is 10.9. The molecule has 0 aliphatic carbocycles. The Morgan fingerprint density at radius 3 is 2.55 bits per heavy atom. The monoisotopic (exact) mass is 404 g/mol. The zero-order valence-corrected chi connectivity index (χ0v) is 16.1. The van der Waals surface area contributed by atoms with Crippen LogP contribution >= 0.6 is 11.3 Å². The smallest absolute Gasteiger partial charge is 0.341 e. The van der Waals surface area contributed by atoms with Gasteiger partial charge in [-0.05, 0) is 16.7 Å². The molecule has 0 saturated heterocycles. The fourth-order valence-corrected chi connectivity index (χ4v) is 4.25. The van der Waals surface area contributed by atoms with Gasteiger partial charge in [-0.15, -0.1) is 0 Å². The maximum atomic E-state index is 12.5. The van der Waals surface area contributed by atoms with Gasteiger partial charge in [0, 0.05) is 12.7 Å². The quantitative estimate of drug-likeness (QED) is 0.496. The van der Waals surface area contributed by atoms with E-state index < -0.39 is 11.4 Å². The van der Waals surface area contributed by atoms with E-state index in [0.717, 1.165) is 23.0 Å². The third-order valence-corrected chi connectivity index (χ3v) is 5.71. The van der Waals surface area contributed by atoms with Gasteiger partial charge in [0.25, 0.3) is 0 Å². The second-order valence-electron chi connectivity index (χ2n) is 6.46. The maximum Gasteiger partial charge on any atom is 0.341 e. The number of aldehydes is 1. The van der Waals surface area contributed by atoms with Crippen LogP contribution in [0.2, 0.25) is 0 Å². The fourth-order valence-electron chi connectivity index (χ4n) is 3.27. The van der Waals surface area contributed by atoms with Crippen molar-refractivity contribution in [3.05, 3.63) is 87.2 Å². The lowest BCUT2D eigenvalue weighted by Gasteiger charge is -2.13. The van der Waals surface area contributed by atoms with E-state index in [-0.39, 0.29) is 17.5 Å². The zero-order chi connectivity index (χ0) is 20.4. The van der Waals surface area contributed by atoms with Gasteiger partial charge in [0.15, 0.2) is 0 Å². The molecule has 0 saturated carbocycles. The number of aromatic carboxylic acids is 1. The first-order valence-electron chi connectivity index (χ1n) is 8.91. The van der Waals surface area contributed by atoms with Crippen molar-refractivity contribution in [3.63, 3.8) is 0 Å². The number of pyridine rings is 1. The summed E-state index contributed by atoms with van der Waals surface area (Å²) in [6.07, 6.45) is 2.16. The molecule has 6 nitrogen and oxygen atoms in total. The summed E-state index contributed by atoms with van der Waals surface area (Å²) in [5.41, 5.74) is 2.17. The molecule has 0 unspecified atom stereocenters. The molecule has 4 aromatic rings. The number of carboxylic acids is 1. The molecule has 0 aliphatic heterocycles. The molecule has 144 valence electrons. The molecule has 0 fully saturated rings. The van der Waals surface area contributed by atoms with Crippen molar-refractivity contribution in [3.8, 4) is 11.1 Å². The molecular weight excluding hydrogens is 388 g/mol. The summed E-state index contributed by atoms with van der Waals surface area (Å²) < 4.78 is 1.73. The van der Waals surface area contributed by atoms with Gasteiger partial charge >= 0.3 is 5.97 Å². The highest BCUT2D eigenvalue weighted by Gasteiger charge is 2.19. The van der Waals surface area contributed by atoms with E-state index >= 15 is 0 Å². The minimum atomic E-state index is -1.30. The lowest BCUT2D eigenvalue weighted by molar-refractivity contribution is -0.107. The van der Waals surface area contributed by atoms with E-state index in [9.17, 15) is 19.5 Å². The molecule has 7 heteroatoms. The number of benzene rings is 2. The van der Waals surface area contributed by atoms with Gasteiger partial charge in [-0.2, -0.15) is 0 Å². The summed E-state index contributed by atoms with van der Waals surface area (Å²) >= 11 is 1.23. The highest BCUT2D eigenvalue weighted by atomic mass is 32.1. The van der Waals surface area contributed by atoms with Crippen LogP contribution in [-0.4, -0.2) is 26.9 Å². The second-order valence-corrected chi connectivity index (χ2v) is 7.52. The summed E-state index contributed by atoms with van der Waals surface area (Å²) in [4.78, 5) is 39.8. The van der Waals surface area contributed by atoms with Crippen LogP contribution in [0.25, 0.3) is 21.5 Å². The van der Waals surface area contributed by atoms with E-state index in [2.05, 4.69) is 4.98 Å². The van der Waals surface area contributed by atoms with Crippen molar-refractivity contribution in [2.24, 2.45) is 0 Å². The minimum absolute atomic E-state index is 0.0851. The van der Waals surface area contributed by atoms with Crippen molar-refractivity contribution in [1.29, 1.82) is 0 Å². The summed E-state index contributed by atoms with van der Waals surface area (Å²) in [6, 6.07) is 17.7. The Balaban J connectivity index is 1.89. The summed E-state index contributed by atoms with van der Waals surface area (Å²) in [6.45, 7) is 0.366. The summed E-state index contributed by atoms with van der Waals surface area (Å²) in [5, 5.41) is 9.95. The Bertz CT molecular complexity index is 1280. The third-order valence-electron chi connectivity index (χ3n) is 4.59. The Morgan fingerprint density at radius 1 is 1.10 bits per heavy atom. The standard InChI is InChI=1S/C22H16N2O4S/c25-11-10-18-23-19-20(26)17(22(27)28)13-24(21(19)29-18)12-15-8-4-5-9-16(15)14-6-2-1-3-7-14/h1-9,11,13H,10,12H2,(H,27,28). The molecule has 4 rings (SSSR count). The number of hydrogen-bond donors (Lipinski definition) is 1. The van der Waals surface area contributed by atoms with Crippen LogP contribution in [0.4, 0.5) is 0 Å².